The normalized spacial score (nSPS) is 15.7. The van der Waals surface area contributed by atoms with Gasteiger partial charge in [0.1, 0.15) is 6.61 Å². The molecule has 1 heterocycles. The minimum Gasteiger partial charge on any atom is -0.369 e. The number of likely N-dealkylation sites (tertiary alicyclic amines) is 1. The van der Waals surface area contributed by atoms with Crippen molar-refractivity contribution in [2.75, 3.05) is 26.3 Å². The highest BCUT2D eigenvalue weighted by molar-refractivity contribution is 5.78. The van der Waals surface area contributed by atoms with Crippen LogP contribution >= 0.6 is 0 Å². The van der Waals surface area contributed by atoms with E-state index in [-0.39, 0.29) is 5.91 Å². The van der Waals surface area contributed by atoms with E-state index in [1.54, 1.807) is 0 Å². The molecule has 1 aliphatic heterocycles. The average Bonchev–Trinajstić information content (AvgIpc) is 2.56. The average molecular weight is 313 g/mol. The number of amides is 1. The number of piperidine rings is 1. The fraction of sp³-hybridized carbons (Fsp3) is 0.550. The number of benzene rings is 1. The largest absolute Gasteiger partial charge is 0.369 e. The van der Waals surface area contributed by atoms with Crippen LogP contribution < -0.4 is 0 Å². The maximum atomic E-state index is 12.4. The van der Waals surface area contributed by atoms with Crippen LogP contribution in [-0.4, -0.2) is 37.1 Å². The number of nitrogens with zero attached hydrogens (tertiary/aromatic N) is 1. The van der Waals surface area contributed by atoms with Crippen LogP contribution in [0.25, 0.3) is 0 Å². The number of rotatable bonds is 6. The van der Waals surface area contributed by atoms with Crippen molar-refractivity contribution in [3.8, 4) is 12.3 Å². The summed E-state index contributed by atoms with van der Waals surface area (Å²) in [5.74, 6) is 3.76. The Morgan fingerprint density at radius 2 is 1.96 bits per heavy atom. The molecule has 0 aromatic heterocycles. The van der Waals surface area contributed by atoms with E-state index in [0.29, 0.717) is 31.5 Å². The number of carbonyl (C=O) groups is 1. The Morgan fingerprint density at radius 3 is 2.52 bits per heavy atom. The first-order valence-electron chi connectivity index (χ1n) is 8.48. The van der Waals surface area contributed by atoms with Crippen molar-refractivity contribution >= 4 is 5.91 Å². The molecule has 0 N–H and O–H groups in total. The van der Waals surface area contributed by atoms with Gasteiger partial charge >= 0.3 is 0 Å². The van der Waals surface area contributed by atoms with E-state index in [9.17, 15) is 4.79 Å². The molecule has 0 saturated carbocycles. The smallest absolute Gasteiger partial charge is 0.226 e. The van der Waals surface area contributed by atoms with Crippen LogP contribution in [0.1, 0.15) is 43.7 Å². The molecule has 3 nitrogen and oxygen atoms in total. The van der Waals surface area contributed by atoms with Gasteiger partial charge in [-0.3, -0.25) is 4.79 Å². The van der Waals surface area contributed by atoms with E-state index in [4.69, 9.17) is 11.2 Å². The van der Waals surface area contributed by atoms with E-state index in [1.807, 2.05) is 4.90 Å². The maximum absolute atomic E-state index is 12.4. The summed E-state index contributed by atoms with van der Waals surface area (Å²) in [5.41, 5.74) is 2.41. The third-order valence-corrected chi connectivity index (χ3v) is 4.51. The van der Waals surface area contributed by atoms with Crippen molar-refractivity contribution in [3.63, 3.8) is 0 Å². The Bertz CT molecular complexity index is 534. The summed E-state index contributed by atoms with van der Waals surface area (Å²) < 4.78 is 5.40. The predicted octanol–water partition coefficient (Wildman–Crippen LogP) is 3.24. The van der Waals surface area contributed by atoms with E-state index >= 15 is 0 Å². The summed E-state index contributed by atoms with van der Waals surface area (Å²) in [5, 5.41) is 0. The summed E-state index contributed by atoms with van der Waals surface area (Å²) in [6.45, 7) is 7.10. The molecule has 0 atom stereocenters. The second-order valence-corrected chi connectivity index (χ2v) is 6.62. The molecule has 124 valence electrons. The first-order chi connectivity index (χ1) is 11.1. The molecule has 3 heteroatoms. The van der Waals surface area contributed by atoms with E-state index in [2.05, 4.69) is 44.0 Å². The van der Waals surface area contributed by atoms with Gasteiger partial charge in [0.05, 0.1) is 13.0 Å². The molecule has 0 unspecified atom stereocenters. The summed E-state index contributed by atoms with van der Waals surface area (Å²) in [7, 11) is 0. The number of hydrogen-bond donors (Lipinski definition) is 0. The molecule has 23 heavy (non-hydrogen) atoms. The summed E-state index contributed by atoms with van der Waals surface area (Å²) in [4.78, 5) is 14.4. The van der Waals surface area contributed by atoms with Crippen LogP contribution in [0.4, 0.5) is 0 Å². The van der Waals surface area contributed by atoms with Crippen LogP contribution in [0.3, 0.4) is 0 Å². The van der Waals surface area contributed by atoms with Crippen LogP contribution in [0, 0.1) is 18.3 Å². The van der Waals surface area contributed by atoms with Crippen molar-refractivity contribution in [3.05, 3.63) is 35.4 Å². The molecule has 1 saturated heterocycles. The van der Waals surface area contributed by atoms with Gasteiger partial charge in [-0.15, -0.1) is 6.42 Å². The lowest BCUT2D eigenvalue weighted by Gasteiger charge is -2.32. The quantitative estimate of drug-likeness (QED) is 0.596. The molecule has 1 aliphatic rings. The summed E-state index contributed by atoms with van der Waals surface area (Å²) in [6, 6.07) is 8.41. The summed E-state index contributed by atoms with van der Waals surface area (Å²) >= 11 is 0. The lowest BCUT2D eigenvalue weighted by atomic mass is 9.97. The van der Waals surface area contributed by atoms with Gasteiger partial charge in [-0.25, -0.2) is 0 Å². The van der Waals surface area contributed by atoms with Gasteiger partial charge in [0.25, 0.3) is 0 Å². The number of ether oxygens (including phenoxy) is 1. The van der Waals surface area contributed by atoms with Gasteiger partial charge in [0.2, 0.25) is 5.91 Å². The van der Waals surface area contributed by atoms with E-state index in [0.717, 1.165) is 31.5 Å². The van der Waals surface area contributed by atoms with Crippen LogP contribution in [0.2, 0.25) is 0 Å². The minimum absolute atomic E-state index is 0.227. The first-order valence-corrected chi connectivity index (χ1v) is 8.48. The molecule has 0 bridgehead atoms. The second kappa shape index (κ2) is 8.74. The van der Waals surface area contributed by atoms with Gasteiger partial charge in [-0.2, -0.15) is 0 Å². The topological polar surface area (TPSA) is 29.5 Å². The minimum atomic E-state index is 0.227. The Labute approximate surface area is 140 Å². The molecule has 0 aliphatic carbocycles. The van der Waals surface area contributed by atoms with Gasteiger partial charge in [0.15, 0.2) is 0 Å². The highest BCUT2D eigenvalue weighted by atomic mass is 16.5. The number of hydrogen-bond acceptors (Lipinski definition) is 2. The molecule has 1 aromatic carbocycles. The predicted molar refractivity (Wildman–Crippen MR) is 93.2 cm³/mol. The fourth-order valence-corrected chi connectivity index (χ4v) is 2.94. The Hall–Kier alpha value is -1.79. The number of carbonyl (C=O) groups excluding carboxylic acids is 1. The third kappa shape index (κ3) is 5.41. The Kier molecular flexibility index (Phi) is 6.67. The lowest BCUT2D eigenvalue weighted by molar-refractivity contribution is -0.132. The highest BCUT2D eigenvalue weighted by Gasteiger charge is 2.22. The molecule has 1 aromatic rings. The fourth-order valence-electron chi connectivity index (χ4n) is 2.94. The molecular weight excluding hydrogens is 286 g/mol. The molecule has 0 spiro atoms. The van der Waals surface area contributed by atoms with Crippen molar-refractivity contribution < 1.29 is 9.53 Å². The second-order valence-electron chi connectivity index (χ2n) is 6.62. The van der Waals surface area contributed by atoms with Crippen molar-refractivity contribution in [2.45, 2.75) is 39.0 Å². The number of terminal acetylenes is 1. The highest BCUT2D eigenvalue weighted by Crippen LogP contribution is 2.19. The van der Waals surface area contributed by atoms with Gasteiger partial charge in [0, 0.05) is 13.1 Å². The van der Waals surface area contributed by atoms with Crippen LogP contribution in [0.5, 0.6) is 0 Å². The maximum Gasteiger partial charge on any atom is 0.226 e. The Morgan fingerprint density at radius 1 is 1.30 bits per heavy atom. The molecular formula is C20H27NO2. The van der Waals surface area contributed by atoms with Gasteiger partial charge < -0.3 is 9.64 Å². The zero-order chi connectivity index (χ0) is 16.7. The van der Waals surface area contributed by atoms with Gasteiger partial charge in [-0.05, 0) is 35.8 Å². The SMILES string of the molecule is C#CCOCC1CCN(C(=O)Cc2ccc(C(C)C)cc2)CC1. The van der Waals surface area contributed by atoms with Gasteiger partial charge in [-0.1, -0.05) is 44.0 Å². The van der Waals surface area contributed by atoms with E-state index < -0.39 is 0 Å². The standard InChI is InChI=1S/C20H27NO2/c1-4-13-23-15-18-9-11-21(12-10-18)20(22)14-17-5-7-19(8-6-17)16(2)3/h1,5-8,16,18H,9-15H2,2-3H3. The van der Waals surface area contributed by atoms with E-state index in [1.165, 1.54) is 5.56 Å². The zero-order valence-electron chi connectivity index (χ0n) is 14.3. The molecule has 1 fully saturated rings. The third-order valence-electron chi connectivity index (χ3n) is 4.51. The molecule has 2 rings (SSSR count). The molecule has 1 amide bonds. The zero-order valence-corrected chi connectivity index (χ0v) is 14.3. The molecule has 0 radical (unpaired) electrons. The summed E-state index contributed by atoms with van der Waals surface area (Å²) in [6.07, 6.45) is 7.68. The monoisotopic (exact) mass is 313 g/mol. The first kappa shape index (κ1) is 17.6. The van der Waals surface area contributed by atoms with Crippen molar-refractivity contribution in [1.82, 2.24) is 4.90 Å². The van der Waals surface area contributed by atoms with Crippen molar-refractivity contribution in [2.24, 2.45) is 5.92 Å². The lowest BCUT2D eigenvalue weighted by Crippen LogP contribution is -2.40. The van der Waals surface area contributed by atoms with Crippen molar-refractivity contribution in [1.29, 1.82) is 0 Å². The van der Waals surface area contributed by atoms with Crippen LogP contribution in [-0.2, 0) is 16.0 Å². The van der Waals surface area contributed by atoms with Crippen LogP contribution in [0.15, 0.2) is 24.3 Å². The Balaban J connectivity index is 1.77.